The number of anilines is 1. The van der Waals surface area contributed by atoms with Crippen molar-refractivity contribution in [3.05, 3.63) is 56.5 Å². The monoisotopic (exact) mass is 346 g/mol. The highest BCUT2D eigenvalue weighted by atomic mass is 32.2. The van der Waals surface area contributed by atoms with E-state index in [1.807, 2.05) is 0 Å². The number of aromatic nitrogens is 2. The Morgan fingerprint density at radius 2 is 2.25 bits per heavy atom. The first-order chi connectivity index (χ1) is 11.5. The highest BCUT2D eigenvalue weighted by Crippen LogP contribution is 2.27. The van der Waals surface area contributed by atoms with Gasteiger partial charge >= 0.3 is 0 Å². The molecule has 124 valence electrons. The molecule has 0 saturated heterocycles. The van der Waals surface area contributed by atoms with Gasteiger partial charge in [-0.1, -0.05) is 11.8 Å². The lowest BCUT2D eigenvalue weighted by molar-refractivity contribution is -0.384. The van der Waals surface area contributed by atoms with Crippen LogP contribution in [0.5, 0.6) is 0 Å². The van der Waals surface area contributed by atoms with E-state index in [-0.39, 0.29) is 29.6 Å². The van der Waals surface area contributed by atoms with Crippen molar-refractivity contribution >= 4 is 29.0 Å². The summed E-state index contributed by atoms with van der Waals surface area (Å²) in [4.78, 5) is 38.7. The zero-order valence-corrected chi connectivity index (χ0v) is 13.6. The van der Waals surface area contributed by atoms with E-state index in [0.717, 1.165) is 0 Å². The average Bonchev–Trinajstić information content (AvgIpc) is 2.56. The fraction of sp³-hybridized carbons (Fsp3) is 0.267. The molecule has 1 unspecified atom stereocenters. The number of non-ortho nitro benzene ring substituents is 1. The maximum absolute atomic E-state index is 12.5. The first-order valence-electron chi connectivity index (χ1n) is 7.20. The molecular formula is C15H14N4O4S. The minimum absolute atomic E-state index is 0.0229. The number of carbonyl (C=O) groups excluding carboxylic acids is 1. The van der Waals surface area contributed by atoms with Gasteiger partial charge in [-0.05, 0) is 18.6 Å². The molecule has 2 aromatic rings. The number of benzene rings is 1. The number of thioether (sulfide) groups is 1. The molecule has 1 aromatic heterocycles. The molecule has 1 amide bonds. The molecule has 1 aliphatic rings. The van der Waals surface area contributed by atoms with Crippen molar-refractivity contribution in [2.45, 2.75) is 18.6 Å². The minimum Gasteiger partial charge on any atom is -0.326 e. The molecule has 0 radical (unpaired) electrons. The van der Waals surface area contributed by atoms with E-state index in [1.54, 1.807) is 6.92 Å². The van der Waals surface area contributed by atoms with Crippen LogP contribution in [0.25, 0.3) is 0 Å². The summed E-state index contributed by atoms with van der Waals surface area (Å²) >= 11 is 1.36. The maximum Gasteiger partial charge on any atom is 0.269 e. The quantitative estimate of drug-likeness (QED) is 0.516. The molecule has 0 aliphatic carbocycles. The van der Waals surface area contributed by atoms with Crippen LogP contribution >= 0.6 is 11.8 Å². The highest BCUT2D eigenvalue weighted by molar-refractivity contribution is 7.99. The van der Waals surface area contributed by atoms with Gasteiger partial charge in [0.15, 0.2) is 5.16 Å². The van der Waals surface area contributed by atoms with Gasteiger partial charge in [0.1, 0.15) is 0 Å². The van der Waals surface area contributed by atoms with Crippen molar-refractivity contribution < 1.29 is 9.72 Å². The minimum atomic E-state index is -0.479. The van der Waals surface area contributed by atoms with Crippen molar-refractivity contribution in [1.82, 2.24) is 9.55 Å². The number of fused-ring (bicyclic) bond motifs is 1. The molecule has 0 saturated carbocycles. The van der Waals surface area contributed by atoms with Crippen LogP contribution in [-0.2, 0) is 11.3 Å². The maximum atomic E-state index is 12.5. The number of nitro groups is 1. The molecule has 0 spiro atoms. The Kier molecular flexibility index (Phi) is 4.34. The molecule has 1 N–H and O–H groups in total. The van der Waals surface area contributed by atoms with E-state index in [4.69, 9.17) is 0 Å². The first-order valence-corrected chi connectivity index (χ1v) is 8.19. The van der Waals surface area contributed by atoms with Crippen LogP contribution < -0.4 is 10.9 Å². The van der Waals surface area contributed by atoms with E-state index in [1.165, 1.54) is 46.8 Å². The molecule has 3 rings (SSSR count). The van der Waals surface area contributed by atoms with Crippen molar-refractivity contribution in [3.8, 4) is 0 Å². The first kappa shape index (κ1) is 16.2. The van der Waals surface area contributed by atoms with E-state index in [0.29, 0.717) is 22.2 Å². The Morgan fingerprint density at radius 3 is 2.96 bits per heavy atom. The molecule has 1 aromatic carbocycles. The van der Waals surface area contributed by atoms with E-state index in [2.05, 4.69) is 10.3 Å². The molecule has 9 heteroatoms. The topological polar surface area (TPSA) is 107 Å². The molecule has 2 heterocycles. The number of amides is 1. The average molecular weight is 346 g/mol. The SMILES string of the molecule is Cc1cc([N+](=O)[O-])ccc1NC(=O)C1CSc2nccc(=O)n2C1. The summed E-state index contributed by atoms with van der Waals surface area (Å²) in [6.07, 6.45) is 1.46. The molecule has 8 nitrogen and oxygen atoms in total. The fourth-order valence-corrected chi connectivity index (χ4v) is 3.51. The number of nitro benzene ring substituents is 1. The van der Waals surface area contributed by atoms with E-state index < -0.39 is 4.92 Å². The van der Waals surface area contributed by atoms with Gasteiger partial charge in [0.25, 0.3) is 11.2 Å². The van der Waals surface area contributed by atoms with Gasteiger partial charge in [0.05, 0.1) is 10.8 Å². The second-order valence-corrected chi connectivity index (χ2v) is 6.42. The third-order valence-electron chi connectivity index (χ3n) is 3.77. The van der Waals surface area contributed by atoms with Gasteiger partial charge in [0, 0.05) is 42.4 Å². The zero-order valence-electron chi connectivity index (χ0n) is 12.8. The van der Waals surface area contributed by atoms with Crippen LogP contribution in [0.2, 0.25) is 0 Å². The van der Waals surface area contributed by atoms with Crippen molar-refractivity contribution in [2.75, 3.05) is 11.1 Å². The van der Waals surface area contributed by atoms with Crippen molar-refractivity contribution in [3.63, 3.8) is 0 Å². The highest BCUT2D eigenvalue weighted by Gasteiger charge is 2.26. The van der Waals surface area contributed by atoms with Crippen molar-refractivity contribution in [1.29, 1.82) is 0 Å². The summed E-state index contributed by atoms with van der Waals surface area (Å²) in [5.41, 5.74) is 0.932. The number of hydrogen-bond acceptors (Lipinski definition) is 6. The summed E-state index contributed by atoms with van der Waals surface area (Å²) in [6, 6.07) is 5.64. The van der Waals surface area contributed by atoms with Crippen LogP contribution in [0, 0.1) is 23.0 Å². The summed E-state index contributed by atoms with van der Waals surface area (Å²) < 4.78 is 1.49. The molecule has 0 fully saturated rings. The molecule has 0 bridgehead atoms. The Bertz CT molecular complexity index is 880. The number of hydrogen-bond donors (Lipinski definition) is 1. The standard InChI is InChI=1S/C15H14N4O4S/c1-9-6-11(19(22)23)2-3-12(9)17-14(21)10-7-18-13(20)4-5-16-15(18)24-8-10/h2-6,10H,7-8H2,1H3,(H,17,21). The molecular weight excluding hydrogens is 332 g/mol. The van der Waals surface area contributed by atoms with E-state index in [9.17, 15) is 19.7 Å². The predicted molar refractivity (Wildman–Crippen MR) is 89.2 cm³/mol. The van der Waals surface area contributed by atoms with E-state index >= 15 is 0 Å². The lowest BCUT2D eigenvalue weighted by atomic mass is 10.1. The van der Waals surface area contributed by atoms with Crippen molar-refractivity contribution in [2.24, 2.45) is 5.92 Å². The lowest BCUT2D eigenvalue weighted by Crippen LogP contribution is -2.36. The van der Waals surface area contributed by atoms with Gasteiger partial charge in [-0.2, -0.15) is 0 Å². The Morgan fingerprint density at radius 1 is 1.46 bits per heavy atom. The predicted octanol–water partition coefficient (Wildman–Crippen LogP) is 1.82. The molecule has 1 aliphatic heterocycles. The number of rotatable bonds is 3. The normalized spacial score (nSPS) is 16.3. The van der Waals surface area contributed by atoms with Crippen LogP contribution in [0.4, 0.5) is 11.4 Å². The number of aryl methyl sites for hydroxylation is 1. The van der Waals surface area contributed by atoms with Crippen LogP contribution in [-0.4, -0.2) is 26.1 Å². The summed E-state index contributed by atoms with van der Waals surface area (Å²) in [5.74, 6) is -0.0752. The summed E-state index contributed by atoms with van der Waals surface area (Å²) in [6.45, 7) is 1.97. The van der Waals surface area contributed by atoms with Gasteiger partial charge in [-0.3, -0.25) is 24.3 Å². The summed E-state index contributed by atoms with van der Waals surface area (Å²) in [5, 5.41) is 14.2. The smallest absolute Gasteiger partial charge is 0.269 e. The Balaban J connectivity index is 1.76. The van der Waals surface area contributed by atoms with Gasteiger partial charge in [-0.25, -0.2) is 4.98 Å². The second-order valence-electron chi connectivity index (χ2n) is 5.43. The van der Waals surface area contributed by atoms with Crippen LogP contribution in [0.15, 0.2) is 40.4 Å². The van der Waals surface area contributed by atoms with Gasteiger partial charge in [0.2, 0.25) is 5.91 Å². The largest absolute Gasteiger partial charge is 0.326 e. The summed E-state index contributed by atoms with van der Waals surface area (Å²) in [7, 11) is 0. The third kappa shape index (κ3) is 3.16. The third-order valence-corrected chi connectivity index (χ3v) is 4.92. The number of nitrogens with zero attached hydrogens (tertiary/aromatic N) is 3. The lowest BCUT2D eigenvalue weighted by Gasteiger charge is -2.24. The second kappa shape index (κ2) is 6.44. The molecule has 24 heavy (non-hydrogen) atoms. The number of nitrogens with one attached hydrogen (secondary N) is 1. The van der Waals surface area contributed by atoms with Crippen LogP contribution in [0.3, 0.4) is 0 Å². The molecule has 1 atom stereocenters. The van der Waals surface area contributed by atoms with Crippen LogP contribution in [0.1, 0.15) is 5.56 Å². The Labute approximate surface area is 141 Å². The van der Waals surface area contributed by atoms with Gasteiger partial charge < -0.3 is 5.32 Å². The van der Waals surface area contributed by atoms with Gasteiger partial charge in [-0.15, -0.1) is 0 Å². The fourth-order valence-electron chi connectivity index (χ4n) is 2.45. The zero-order chi connectivity index (χ0) is 17.3. The Hall–Kier alpha value is -2.68. The number of carbonyl (C=O) groups is 1.